The van der Waals surface area contributed by atoms with Gasteiger partial charge in [-0.05, 0) is 30.3 Å². The summed E-state index contributed by atoms with van der Waals surface area (Å²) in [4.78, 5) is 28.6. The second kappa shape index (κ2) is 8.34. The molecule has 0 bridgehead atoms. The molecule has 7 nitrogen and oxygen atoms in total. The van der Waals surface area contributed by atoms with Crippen LogP contribution >= 0.6 is 11.3 Å². The molecular weight excluding hydrogens is 454 g/mol. The number of alkyl halides is 3. The molecule has 0 saturated carbocycles. The van der Waals surface area contributed by atoms with Gasteiger partial charge in [0, 0.05) is 32.0 Å². The molecule has 0 spiro atoms. The van der Waals surface area contributed by atoms with Gasteiger partial charge in [-0.3, -0.25) is 14.9 Å². The van der Waals surface area contributed by atoms with Crippen LogP contribution < -0.4 is 15.2 Å². The summed E-state index contributed by atoms with van der Waals surface area (Å²) in [7, 11) is 0. The second-order valence-corrected chi connectivity index (χ2v) is 8.16. The lowest BCUT2D eigenvalue weighted by molar-refractivity contribution is -0.383. The third kappa shape index (κ3) is 4.49. The zero-order chi connectivity index (χ0) is 23.0. The number of non-ortho nitro benzene ring substituents is 1. The summed E-state index contributed by atoms with van der Waals surface area (Å²) in [6, 6.07) is 6.65. The molecule has 1 saturated heterocycles. The fraction of sp³-hybridized carbons (Fsp3) is 0.300. The van der Waals surface area contributed by atoms with Crippen molar-refractivity contribution in [2.45, 2.75) is 25.1 Å². The molecule has 0 radical (unpaired) electrons. The Labute approximate surface area is 182 Å². The van der Waals surface area contributed by atoms with Crippen LogP contribution in [0.4, 0.5) is 28.4 Å². The number of hydrogen-bond acceptors (Lipinski definition) is 7. The molecular formula is C20H15F4N3O4S. The minimum absolute atomic E-state index is 0.150. The first-order chi connectivity index (χ1) is 15.1. The van der Waals surface area contributed by atoms with Crippen LogP contribution in [0.3, 0.4) is 0 Å². The third-order valence-corrected chi connectivity index (χ3v) is 6.21. The van der Waals surface area contributed by atoms with E-state index in [-0.39, 0.29) is 21.8 Å². The number of piperidine rings is 1. The molecule has 1 aromatic heterocycles. The summed E-state index contributed by atoms with van der Waals surface area (Å²) in [5.41, 5.74) is -3.00. The van der Waals surface area contributed by atoms with E-state index in [1.165, 1.54) is 24.3 Å². The highest BCUT2D eigenvalue weighted by molar-refractivity contribution is 7.22. The van der Waals surface area contributed by atoms with Gasteiger partial charge in [0.15, 0.2) is 5.13 Å². The fourth-order valence-electron chi connectivity index (χ4n) is 3.45. The highest BCUT2D eigenvalue weighted by atomic mass is 32.1. The van der Waals surface area contributed by atoms with Gasteiger partial charge in [-0.15, -0.1) is 0 Å². The molecule has 0 N–H and O–H groups in total. The minimum Gasteiger partial charge on any atom is -0.490 e. The quantitative estimate of drug-likeness (QED) is 0.311. The zero-order valence-corrected chi connectivity index (χ0v) is 17.1. The van der Waals surface area contributed by atoms with Crippen molar-refractivity contribution in [3.8, 4) is 5.75 Å². The number of hydrogen-bond donors (Lipinski definition) is 0. The highest BCUT2D eigenvalue weighted by Gasteiger charge is 2.34. The van der Waals surface area contributed by atoms with Crippen LogP contribution in [0, 0.1) is 15.9 Å². The van der Waals surface area contributed by atoms with Gasteiger partial charge < -0.3 is 9.64 Å². The number of anilines is 1. The van der Waals surface area contributed by atoms with E-state index in [0.717, 1.165) is 11.3 Å². The van der Waals surface area contributed by atoms with Crippen LogP contribution in [0.15, 0.2) is 41.2 Å². The first-order valence-electron chi connectivity index (χ1n) is 9.49. The number of rotatable bonds is 4. The van der Waals surface area contributed by atoms with E-state index in [2.05, 4.69) is 4.98 Å². The lowest BCUT2D eigenvalue weighted by Crippen LogP contribution is -2.39. The Morgan fingerprint density at radius 2 is 1.81 bits per heavy atom. The average molecular weight is 469 g/mol. The Kier molecular flexibility index (Phi) is 5.71. The molecule has 2 aromatic carbocycles. The maximum Gasteiger partial charge on any atom is 0.416 e. The van der Waals surface area contributed by atoms with Gasteiger partial charge in [-0.2, -0.15) is 18.2 Å². The van der Waals surface area contributed by atoms with Crippen LogP contribution in [0.1, 0.15) is 18.4 Å². The van der Waals surface area contributed by atoms with Gasteiger partial charge in [0.25, 0.3) is 11.2 Å². The number of ether oxygens (including phenoxy) is 1. The first-order valence-corrected chi connectivity index (χ1v) is 10.3. The molecule has 1 aliphatic heterocycles. The first kappa shape index (κ1) is 21.9. The van der Waals surface area contributed by atoms with Crippen LogP contribution in [-0.4, -0.2) is 29.1 Å². The molecule has 1 fully saturated rings. The normalized spacial score (nSPS) is 15.2. The van der Waals surface area contributed by atoms with Crippen LogP contribution in [0.2, 0.25) is 0 Å². The monoisotopic (exact) mass is 469 g/mol. The number of nitro groups is 1. The lowest BCUT2D eigenvalue weighted by Gasteiger charge is -2.32. The molecule has 1 aliphatic rings. The van der Waals surface area contributed by atoms with E-state index >= 15 is 0 Å². The molecule has 0 atom stereocenters. The molecule has 0 unspecified atom stereocenters. The molecule has 168 valence electrons. The summed E-state index contributed by atoms with van der Waals surface area (Å²) in [5, 5.41) is 11.2. The van der Waals surface area contributed by atoms with Gasteiger partial charge >= 0.3 is 6.18 Å². The summed E-state index contributed by atoms with van der Waals surface area (Å²) < 4.78 is 58.0. The summed E-state index contributed by atoms with van der Waals surface area (Å²) >= 11 is 0.812. The maximum absolute atomic E-state index is 13.1. The van der Waals surface area contributed by atoms with E-state index in [4.69, 9.17) is 4.74 Å². The topological polar surface area (TPSA) is 85.6 Å². The van der Waals surface area contributed by atoms with E-state index in [9.17, 15) is 32.5 Å². The van der Waals surface area contributed by atoms with Gasteiger partial charge in [0.2, 0.25) is 0 Å². The molecule has 32 heavy (non-hydrogen) atoms. The average Bonchev–Trinajstić information content (AvgIpc) is 2.74. The predicted molar refractivity (Wildman–Crippen MR) is 110 cm³/mol. The molecule has 0 amide bonds. The standard InChI is InChI=1S/C20H15F4N3O4S/c21-12-1-3-13(4-2-12)31-14-5-7-26(8-6-14)19-25-18(28)15-9-11(20(22,23)24)10-16(27(29)30)17(15)32-19/h1-4,9-10,14H,5-8H2. The number of benzene rings is 2. The van der Waals surface area contributed by atoms with E-state index in [0.29, 0.717) is 43.8 Å². The molecule has 12 heteroatoms. The van der Waals surface area contributed by atoms with Crippen molar-refractivity contribution in [3.05, 3.63) is 68.2 Å². The predicted octanol–water partition coefficient (Wildman–Crippen LogP) is 4.77. The van der Waals surface area contributed by atoms with Crippen LogP contribution in [-0.2, 0) is 6.18 Å². The molecule has 3 aromatic rings. The third-order valence-electron chi connectivity index (χ3n) is 5.04. The Hall–Kier alpha value is -3.28. The van der Waals surface area contributed by atoms with Crippen molar-refractivity contribution in [2.75, 3.05) is 18.0 Å². The van der Waals surface area contributed by atoms with Crippen molar-refractivity contribution >= 4 is 32.2 Å². The SMILES string of the molecule is O=c1nc(N2CCC(Oc3ccc(F)cc3)CC2)sc2c([N+](=O)[O-])cc(C(F)(F)F)cc12. The number of fused-ring (bicyclic) bond motifs is 1. The van der Waals surface area contributed by atoms with Gasteiger partial charge in [-0.25, -0.2) is 4.39 Å². The van der Waals surface area contributed by atoms with Crippen molar-refractivity contribution in [1.82, 2.24) is 4.98 Å². The Balaban J connectivity index is 1.59. The van der Waals surface area contributed by atoms with Gasteiger partial charge in [0.1, 0.15) is 22.4 Å². The Morgan fingerprint density at radius 1 is 1.16 bits per heavy atom. The lowest BCUT2D eigenvalue weighted by atomic mass is 10.1. The summed E-state index contributed by atoms with van der Waals surface area (Å²) in [6.45, 7) is 0.851. The molecule has 2 heterocycles. The largest absolute Gasteiger partial charge is 0.490 e. The van der Waals surface area contributed by atoms with Crippen molar-refractivity contribution in [3.63, 3.8) is 0 Å². The number of halogens is 4. The maximum atomic E-state index is 13.1. The smallest absolute Gasteiger partial charge is 0.416 e. The molecule has 0 aliphatic carbocycles. The van der Waals surface area contributed by atoms with E-state index in [1.54, 1.807) is 4.90 Å². The van der Waals surface area contributed by atoms with Crippen molar-refractivity contribution in [1.29, 1.82) is 0 Å². The second-order valence-electron chi connectivity index (χ2n) is 7.19. The van der Waals surface area contributed by atoms with Crippen molar-refractivity contribution < 1.29 is 27.2 Å². The van der Waals surface area contributed by atoms with Gasteiger partial charge in [-0.1, -0.05) is 11.3 Å². The number of nitrogens with zero attached hydrogens (tertiary/aromatic N) is 3. The van der Waals surface area contributed by atoms with E-state index in [1.807, 2.05) is 0 Å². The Morgan fingerprint density at radius 3 is 2.41 bits per heavy atom. The fourth-order valence-corrected chi connectivity index (χ4v) is 4.56. The van der Waals surface area contributed by atoms with Crippen molar-refractivity contribution in [2.24, 2.45) is 0 Å². The van der Waals surface area contributed by atoms with Crippen LogP contribution in [0.25, 0.3) is 10.1 Å². The van der Waals surface area contributed by atoms with Crippen LogP contribution in [0.5, 0.6) is 5.75 Å². The Bertz CT molecular complexity index is 1220. The summed E-state index contributed by atoms with van der Waals surface area (Å²) in [6.07, 6.45) is -3.89. The van der Waals surface area contributed by atoms with Gasteiger partial charge in [0.05, 0.1) is 15.9 Å². The molecule has 4 rings (SSSR count). The zero-order valence-electron chi connectivity index (χ0n) is 16.3. The highest BCUT2D eigenvalue weighted by Crippen LogP contribution is 2.38. The summed E-state index contributed by atoms with van der Waals surface area (Å²) in [5.74, 6) is 0.148. The minimum atomic E-state index is -4.83. The number of aromatic nitrogens is 1. The van der Waals surface area contributed by atoms with E-state index < -0.39 is 33.3 Å². The number of nitro benzene ring substituents is 1.